The summed E-state index contributed by atoms with van der Waals surface area (Å²) in [5.41, 5.74) is -0.428. The van der Waals surface area contributed by atoms with E-state index in [1.54, 1.807) is 49.9 Å². The molecule has 0 aliphatic carbocycles. The zero-order chi connectivity index (χ0) is 59.5. The van der Waals surface area contributed by atoms with Gasteiger partial charge in [0.2, 0.25) is 47.3 Å². The van der Waals surface area contributed by atoms with E-state index in [0.717, 1.165) is 21.5 Å². The Balaban J connectivity index is 0.957. The molecule has 0 saturated carbocycles. The molecule has 22 heteroatoms. The van der Waals surface area contributed by atoms with Gasteiger partial charge in [-0.2, -0.15) is 0 Å². The lowest BCUT2D eigenvalue weighted by molar-refractivity contribution is -0.142. The Kier molecular flexibility index (Phi) is 18.1. The number of hydrogen-bond donors (Lipinski definition) is 8. The van der Waals surface area contributed by atoms with Crippen LogP contribution in [0.2, 0.25) is 0 Å². The zero-order valence-corrected chi connectivity index (χ0v) is 48.4. The highest BCUT2D eigenvalue weighted by atomic mass is 16.2. The van der Waals surface area contributed by atoms with Crippen LogP contribution in [0.3, 0.4) is 0 Å². The largest absolute Gasteiger partial charge is 0.342 e. The van der Waals surface area contributed by atoms with Gasteiger partial charge >= 0.3 is 11.8 Å². The van der Waals surface area contributed by atoms with E-state index in [1.165, 1.54) is 9.80 Å². The Hall–Kier alpha value is -7.98. The number of rotatable bonds is 16. The van der Waals surface area contributed by atoms with Gasteiger partial charge in [0, 0.05) is 48.3 Å². The van der Waals surface area contributed by atoms with Crippen molar-refractivity contribution in [3.05, 3.63) is 84.9 Å². The molecule has 0 aromatic heterocycles. The Morgan fingerprint density at radius 2 is 0.854 bits per heavy atom. The summed E-state index contributed by atoms with van der Waals surface area (Å²) in [6, 6.07) is 19.9. The molecular weight excluding hydrogens is 1050 g/mol. The number of likely N-dealkylation sites (N-methyl/N-ethyl adjacent to an activating group) is 2. The van der Waals surface area contributed by atoms with Crippen molar-refractivity contribution in [2.24, 2.45) is 22.7 Å². The van der Waals surface area contributed by atoms with E-state index in [9.17, 15) is 47.9 Å². The van der Waals surface area contributed by atoms with E-state index >= 15 is 0 Å². The fourth-order valence-corrected chi connectivity index (χ4v) is 11.9. The molecule has 22 nitrogen and oxygen atoms in total. The Morgan fingerprint density at radius 1 is 0.500 bits per heavy atom. The maximum absolute atomic E-state index is 14.7. The number of fused-ring (bicyclic) bond motifs is 4. The van der Waals surface area contributed by atoms with Gasteiger partial charge in [-0.25, -0.2) is 0 Å². The van der Waals surface area contributed by atoms with Gasteiger partial charge < -0.3 is 62.1 Å². The molecule has 0 radical (unpaired) electrons. The Morgan fingerprint density at radius 3 is 1.21 bits per heavy atom. The minimum absolute atomic E-state index is 0.128. The number of anilines is 2. The van der Waals surface area contributed by atoms with Crippen LogP contribution in [0.5, 0.6) is 0 Å². The third kappa shape index (κ3) is 12.6. The van der Waals surface area contributed by atoms with Crippen molar-refractivity contribution in [1.82, 2.24) is 51.5 Å². The van der Waals surface area contributed by atoms with Crippen molar-refractivity contribution in [2.75, 3.05) is 64.0 Å². The monoisotopic (exact) mass is 1130 g/mol. The summed E-state index contributed by atoms with van der Waals surface area (Å²) in [7, 11) is 3.27. The van der Waals surface area contributed by atoms with Crippen LogP contribution in [0.1, 0.15) is 68.2 Å². The number of benzene rings is 4. The third-order valence-electron chi connectivity index (χ3n) is 16.7. The molecular formula is C60H78N12O10. The van der Waals surface area contributed by atoms with E-state index in [2.05, 4.69) is 42.5 Å². The maximum atomic E-state index is 14.7. The van der Waals surface area contributed by atoms with Crippen LogP contribution in [0.4, 0.5) is 11.4 Å². The van der Waals surface area contributed by atoms with Crippen LogP contribution in [0, 0.1) is 22.7 Å². The lowest BCUT2D eigenvalue weighted by Crippen LogP contribution is -2.59. The average molecular weight is 1130 g/mol. The van der Waals surface area contributed by atoms with Crippen LogP contribution in [0.15, 0.2) is 84.9 Å². The molecule has 82 heavy (non-hydrogen) atoms. The van der Waals surface area contributed by atoms with Crippen LogP contribution >= 0.6 is 0 Å². The van der Waals surface area contributed by atoms with Crippen LogP contribution in [0.25, 0.3) is 21.5 Å². The minimum Gasteiger partial charge on any atom is -0.342 e. The topological polar surface area (TPSA) is 280 Å². The summed E-state index contributed by atoms with van der Waals surface area (Å²) >= 11 is 0. The van der Waals surface area contributed by atoms with Crippen LogP contribution in [-0.2, 0) is 47.9 Å². The first kappa shape index (κ1) is 60.1. The van der Waals surface area contributed by atoms with Gasteiger partial charge in [0.15, 0.2) is 0 Å². The number of amides is 10. The fraction of sp³-hybridized carbons (Fsp3) is 0.500. The van der Waals surface area contributed by atoms with Gasteiger partial charge in [-0.1, -0.05) is 114 Å². The number of carbonyl (C=O) groups excluding carboxylic acids is 10. The van der Waals surface area contributed by atoms with E-state index < -0.39 is 131 Å². The number of hydrogen-bond acceptors (Lipinski definition) is 12. The van der Waals surface area contributed by atoms with Crippen molar-refractivity contribution in [3.8, 4) is 0 Å². The highest BCUT2D eigenvalue weighted by Gasteiger charge is 2.57. The van der Waals surface area contributed by atoms with E-state index in [4.69, 9.17) is 0 Å². The number of carbonyl (C=O) groups is 10. The van der Waals surface area contributed by atoms with Crippen molar-refractivity contribution in [3.63, 3.8) is 0 Å². The molecule has 438 valence electrons. The minimum atomic E-state index is -1.21. The first-order chi connectivity index (χ1) is 38.8. The van der Waals surface area contributed by atoms with Crippen molar-refractivity contribution in [1.29, 1.82) is 0 Å². The molecule has 4 aliphatic rings. The molecule has 10 amide bonds. The first-order valence-electron chi connectivity index (χ1n) is 28.1. The molecule has 2 unspecified atom stereocenters. The van der Waals surface area contributed by atoms with E-state index in [-0.39, 0.29) is 50.8 Å². The summed E-state index contributed by atoms with van der Waals surface area (Å²) in [6.45, 7) is 13.1. The van der Waals surface area contributed by atoms with E-state index in [1.807, 2.05) is 114 Å². The summed E-state index contributed by atoms with van der Waals surface area (Å²) in [5, 5.41) is 25.8. The van der Waals surface area contributed by atoms with Gasteiger partial charge in [0.1, 0.15) is 12.1 Å². The maximum Gasteiger partial charge on any atom is 0.309 e. The molecule has 10 atom stereocenters. The molecule has 4 fully saturated rings. The SMILES string of the molecule is CN[C@@H](C)C(=O)NC(C(=O)N1CC[C@@H]2[C@H]1[C@@H](C(=O)Nc1cccc3ccccc13)CN2C(=O)CNC(=O)C(=O)NCC(=O)N1C[C@H](C(=O)Nc2cccc3ccccc23)[C@@H]2[C@H]1CCN2C(=O)C(NC(=O)[C@H](C)NC)C(C)(C)C)C(C)(C)C. The molecule has 4 aliphatic heterocycles. The molecule has 0 bridgehead atoms. The predicted octanol–water partition coefficient (Wildman–Crippen LogP) is 1.94. The van der Waals surface area contributed by atoms with Crippen LogP contribution in [-0.4, -0.2) is 180 Å². The normalized spacial score (nSPS) is 21.9. The molecule has 4 aromatic carbocycles. The van der Waals surface area contributed by atoms with Gasteiger partial charge in [-0.3, -0.25) is 47.9 Å². The highest BCUT2D eigenvalue weighted by molar-refractivity contribution is 6.35. The van der Waals surface area contributed by atoms with Gasteiger partial charge in [0.25, 0.3) is 0 Å². The first-order valence-corrected chi connectivity index (χ1v) is 28.1. The lowest BCUT2D eigenvalue weighted by atomic mass is 9.85. The molecule has 4 saturated heterocycles. The van der Waals surface area contributed by atoms with Gasteiger partial charge in [-0.05, 0) is 74.5 Å². The quantitative estimate of drug-likeness (QED) is 0.0748. The molecule has 4 aromatic rings. The number of nitrogens with one attached hydrogen (secondary N) is 8. The lowest BCUT2D eigenvalue weighted by Gasteiger charge is -2.37. The smallest absolute Gasteiger partial charge is 0.309 e. The van der Waals surface area contributed by atoms with Gasteiger partial charge in [0.05, 0.1) is 61.2 Å². The summed E-state index contributed by atoms with van der Waals surface area (Å²) in [5.74, 6) is -8.02. The van der Waals surface area contributed by atoms with Gasteiger partial charge in [-0.15, -0.1) is 0 Å². The fourth-order valence-electron chi connectivity index (χ4n) is 11.9. The second-order valence-electron chi connectivity index (χ2n) is 24.1. The number of likely N-dealkylation sites (tertiary alicyclic amines) is 4. The zero-order valence-electron chi connectivity index (χ0n) is 48.4. The molecule has 4 heterocycles. The predicted molar refractivity (Wildman–Crippen MR) is 309 cm³/mol. The molecule has 0 spiro atoms. The molecule has 8 rings (SSSR count). The summed E-state index contributed by atoms with van der Waals surface area (Å²) < 4.78 is 0. The summed E-state index contributed by atoms with van der Waals surface area (Å²) in [4.78, 5) is 146. The van der Waals surface area contributed by atoms with Crippen molar-refractivity contribution < 1.29 is 47.9 Å². The van der Waals surface area contributed by atoms with E-state index in [0.29, 0.717) is 11.4 Å². The second kappa shape index (κ2) is 24.6. The third-order valence-corrected chi connectivity index (χ3v) is 16.7. The van der Waals surface area contributed by atoms with Crippen molar-refractivity contribution >= 4 is 92.0 Å². The Bertz CT molecular complexity index is 2940. The highest BCUT2D eigenvalue weighted by Crippen LogP contribution is 2.40. The standard InChI is InChI=1S/C60H78N12O10/c1-33(61-9)51(75)67-49(59(3,4)5)57(81)69-27-25-43-47(69)39(53(77)65-41-23-15-19-35-17-11-13-21-37(35)41)31-71(43)45(73)29-63-55(79)56(80)64-30-46(74)72-32-40(54(78)66-42-24-16-20-36-18-12-14-22-38(36)42)48-44(72)26-28-70(48)58(82)50(60(6,7)8)68-52(76)34(2)62-10/h11-24,33-34,39-40,43-44,47-50,61-62H,25-32H2,1-10H3,(H,63,79)(H,64,80)(H,65,77)(H,66,78)(H,67,75)(H,68,76)/t33-,34-,39-,40-,43+,44+,47+,48+,49?,50?/m0/s1. The summed E-state index contributed by atoms with van der Waals surface area (Å²) in [6.07, 6.45) is 0.572. The Labute approximate surface area is 477 Å². The second-order valence-corrected chi connectivity index (χ2v) is 24.1. The van der Waals surface area contributed by atoms with Crippen LogP contribution < -0.4 is 42.5 Å². The number of nitrogens with zero attached hydrogens (tertiary/aromatic N) is 4. The molecule has 8 N–H and O–H groups in total. The van der Waals surface area contributed by atoms with Crippen molar-refractivity contribution in [2.45, 2.75) is 117 Å². The average Bonchev–Trinajstić information content (AvgIpc) is 4.24.